The third-order valence-corrected chi connectivity index (χ3v) is 3.65. The second-order valence-electron chi connectivity index (χ2n) is 5.36. The molecular weight excluding hydrogens is 288 g/mol. The summed E-state index contributed by atoms with van der Waals surface area (Å²) in [6, 6.07) is 1.69. The lowest BCUT2D eigenvalue weighted by Crippen LogP contribution is -2.48. The number of amides is 1. The van der Waals surface area contributed by atoms with Crippen LogP contribution in [0.4, 0.5) is 17.6 Å². The van der Waals surface area contributed by atoms with Crippen molar-refractivity contribution in [3.63, 3.8) is 0 Å². The fourth-order valence-corrected chi connectivity index (χ4v) is 2.55. The summed E-state index contributed by atoms with van der Waals surface area (Å²) in [6.45, 7) is 2.14. The zero-order valence-corrected chi connectivity index (χ0v) is 11.5. The maximum absolute atomic E-state index is 13.4. The van der Waals surface area contributed by atoms with Gasteiger partial charge in [-0.25, -0.2) is 4.39 Å². The van der Waals surface area contributed by atoms with Crippen LogP contribution in [-0.2, 0) is 6.18 Å². The van der Waals surface area contributed by atoms with Crippen LogP contribution >= 0.6 is 0 Å². The van der Waals surface area contributed by atoms with Crippen molar-refractivity contribution in [2.45, 2.75) is 38.0 Å². The molecule has 116 valence electrons. The van der Waals surface area contributed by atoms with Crippen LogP contribution in [0.15, 0.2) is 18.2 Å². The maximum Gasteiger partial charge on any atom is 0.416 e. The Balaban J connectivity index is 2.29. The van der Waals surface area contributed by atoms with Crippen LogP contribution < -0.4 is 5.73 Å². The van der Waals surface area contributed by atoms with E-state index in [-0.39, 0.29) is 17.6 Å². The van der Waals surface area contributed by atoms with Gasteiger partial charge in [-0.05, 0) is 38.0 Å². The van der Waals surface area contributed by atoms with Crippen LogP contribution in [0.3, 0.4) is 0 Å². The van der Waals surface area contributed by atoms with Crippen molar-refractivity contribution >= 4 is 5.91 Å². The molecule has 21 heavy (non-hydrogen) atoms. The highest BCUT2D eigenvalue weighted by molar-refractivity contribution is 5.94. The minimum absolute atomic E-state index is 0.0257. The molecule has 1 heterocycles. The molecule has 2 rings (SSSR count). The highest BCUT2D eigenvalue weighted by Crippen LogP contribution is 2.31. The van der Waals surface area contributed by atoms with Gasteiger partial charge in [-0.3, -0.25) is 4.79 Å². The summed E-state index contributed by atoms with van der Waals surface area (Å²) in [7, 11) is 0. The largest absolute Gasteiger partial charge is 0.416 e. The molecule has 0 saturated carbocycles. The number of alkyl halides is 3. The average Bonchev–Trinajstić information content (AvgIpc) is 2.36. The van der Waals surface area contributed by atoms with E-state index in [0.717, 1.165) is 6.07 Å². The molecule has 1 aliphatic rings. The van der Waals surface area contributed by atoms with Gasteiger partial charge in [0.25, 0.3) is 5.91 Å². The van der Waals surface area contributed by atoms with Crippen molar-refractivity contribution in [2.75, 3.05) is 6.54 Å². The van der Waals surface area contributed by atoms with E-state index < -0.39 is 23.5 Å². The number of likely N-dealkylation sites (tertiary alicyclic amines) is 1. The Morgan fingerprint density at radius 1 is 1.33 bits per heavy atom. The number of nitrogens with two attached hydrogens (primary N) is 1. The first-order valence-corrected chi connectivity index (χ1v) is 6.63. The van der Waals surface area contributed by atoms with Crippen LogP contribution in [0.2, 0.25) is 0 Å². The van der Waals surface area contributed by atoms with Crippen molar-refractivity contribution in [2.24, 2.45) is 5.73 Å². The molecule has 7 heteroatoms. The fourth-order valence-electron chi connectivity index (χ4n) is 2.55. The quantitative estimate of drug-likeness (QED) is 0.811. The molecule has 0 radical (unpaired) electrons. The van der Waals surface area contributed by atoms with E-state index in [1.54, 1.807) is 6.92 Å². The average molecular weight is 304 g/mol. The first-order valence-electron chi connectivity index (χ1n) is 6.63. The summed E-state index contributed by atoms with van der Waals surface area (Å²) in [5, 5.41) is 0. The number of halogens is 4. The number of benzene rings is 1. The van der Waals surface area contributed by atoms with Gasteiger partial charge >= 0.3 is 6.18 Å². The van der Waals surface area contributed by atoms with Crippen LogP contribution in [-0.4, -0.2) is 29.4 Å². The van der Waals surface area contributed by atoms with E-state index in [1.165, 1.54) is 4.90 Å². The van der Waals surface area contributed by atoms with Gasteiger partial charge in [-0.15, -0.1) is 0 Å². The van der Waals surface area contributed by atoms with Gasteiger partial charge in [0, 0.05) is 24.2 Å². The molecular formula is C14H16F4N2O. The second kappa shape index (κ2) is 5.63. The van der Waals surface area contributed by atoms with Crippen molar-refractivity contribution < 1.29 is 22.4 Å². The molecule has 1 fully saturated rings. The molecule has 0 aliphatic carbocycles. The third kappa shape index (κ3) is 3.53. The summed E-state index contributed by atoms with van der Waals surface area (Å²) >= 11 is 0. The highest BCUT2D eigenvalue weighted by atomic mass is 19.4. The van der Waals surface area contributed by atoms with Crippen molar-refractivity contribution in [1.82, 2.24) is 4.90 Å². The van der Waals surface area contributed by atoms with E-state index in [0.29, 0.717) is 31.5 Å². The third-order valence-electron chi connectivity index (χ3n) is 3.65. The van der Waals surface area contributed by atoms with Crippen LogP contribution in [0, 0.1) is 5.82 Å². The van der Waals surface area contributed by atoms with Gasteiger partial charge in [-0.2, -0.15) is 13.2 Å². The minimum atomic E-state index is -4.69. The molecule has 1 aliphatic heterocycles. The number of carbonyl (C=O) groups is 1. The number of hydrogen-bond acceptors (Lipinski definition) is 2. The van der Waals surface area contributed by atoms with Gasteiger partial charge in [0.2, 0.25) is 0 Å². The zero-order chi connectivity index (χ0) is 15.8. The lowest BCUT2D eigenvalue weighted by Gasteiger charge is -2.36. The standard InChI is InChI=1S/C14H16F4N2O/c1-8-4-12(19)2-3-20(8)13(21)9-5-10(14(16,17)18)7-11(15)6-9/h5-8,12H,2-4,19H2,1H3/t8-,12-/m1/s1. The number of piperidine rings is 1. The molecule has 0 bridgehead atoms. The Bertz CT molecular complexity index is 544. The summed E-state index contributed by atoms with van der Waals surface area (Å²) < 4.78 is 51.4. The topological polar surface area (TPSA) is 46.3 Å². The monoisotopic (exact) mass is 304 g/mol. The van der Waals surface area contributed by atoms with E-state index in [1.807, 2.05) is 0 Å². The Morgan fingerprint density at radius 2 is 2.00 bits per heavy atom. The Labute approximate surface area is 119 Å². The normalized spacial score (nSPS) is 23.2. The van der Waals surface area contributed by atoms with Crippen LogP contribution in [0.5, 0.6) is 0 Å². The number of carbonyl (C=O) groups excluding carboxylic acids is 1. The molecule has 1 amide bonds. The van der Waals surface area contributed by atoms with E-state index in [4.69, 9.17) is 5.73 Å². The van der Waals surface area contributed by atoms with Gasteiger partial charge in [0.15, 0.2) is 0 Å². The van der Waals surface area contributed by atoms with E-state index >= 15 is 0 Å². The zero-order valence-electron chi connectivity index (χ0n) is 11.5. The lowest BCUT2D eigenvalue weighted by molar-refractivity contribution is -0.137. The van der Waals surface area contributed by atoms with Crippen molar-refractivity contribution in [3.05, 3.63) is 35.1 Å². The molecule has 2 N–H and O–H groups in total. The molecule has 1 saturated heterocycles. The van der Waals surface area contributed by atoms with Crippen molar-refractivity contribution in [1.29, 1.82) is 0 Å². The summed E-state index contributed by atoms with van der Waals surface area (Å²) in [5.41, 5.74) is 4.34. The van der Waals surface area contributed by atoms with Crippen LogP contribution in [0.1, 0.15) is 35.7 Å². The smallest absolute Gasteiger partial charge is 0.336 e. The maximum atomic E-state index is 13.4. The number of rotatable bonds is 1. The van der Waals surface area contributed by atoms with Crippen molar-refractivity contribution in [3.8, 4) is 0 Å². The van der Waals surface area contributed by atoms with E-state index in [2.05, 4.69) is 0 Å². The number of hydrogen-bond donors (Lipinski definition) is 1. The highest BCUT2D eigenvalue weighted by Gasteiger charge is 2.33. The predicted molar refractivity (Wildman–Crippen MR) is 69.1 cm³/mol. The van der Waals surface area contributed by atoms with Gasteiger partial charge in [-0.1, -0.05) is 0 Å². The fraction of sp³-hybridized carbons (Fsp3) is 0.500. The molecule has 0 unspecified atom stereocenters. The summed E-state index contributed by atoms with van der Waals surface area (Å²) in [4.78, 5) is 13.7. The molecule has 2 atom stereocenters. The molecule has 3 nitrogen and oxygen atoms in total. The van der Waals surface area contributed by atoms with Gasteiger partial charge < -0.3 is 10.6 Å². The first-order chi connectivity index (χ1) is 9.68. The summed E-state index contributed by atoms with van der Waals surface area (Å²) in [6.07, 6.45) is -3.53. The van der Waals surface area contributed by atoms with Gasteiger partial charge in [0.05, 0.1) is 5.56 Å². The summed E-state index contributed by atoms with van der Waals surface area (Å²) in [5.74, 6) is -1.67. The number of nitrogens with zero attached hydrogens (tertiary/aromatic N) is 1. The predicted octanol–water partition coefficient (Wildman–Crippen LogP) is 2.80. The van der Waals surface area contributed by atoms with Crippen LogP contribution in [0.25, 0.3) is 0 Å². The molecule has 0 spiro atoms. The van der Waals surface area contributed by atoms with Gasteiger partial charge in [0.1, 0.15) is 5.82 Å². The Hall–Kier alpha value is -1.63. The minimum Gasteiger partial charge on any atom is -0.336 e. The second-order valence-corrected chi connectivity index (χ2v) is 5.36. The molecule has 1 aromatic carbocycles. The lowest BCUT2D eigenvalue weighted by atomic mass is 9.98. The Kier molecular flexibility index (Phi) is 4.22. The Morgan fingerprint density at radius 3 is 2.57 bits per heavy atom. The SMILES string of the molecule is C[C@@H]1C[C@H](N)CCN1C(=O)c1cc(F)cc(C(F)(F)F)c1. The molecule has 0 aromatic heterocycles. The van der Waals surface area contributed by atoms with E-state index in [9.17, 15) is 22.4 Å². The first kappa shape index (κ1) is 15.8. The molecule has 1 aromatic rings.